The molecule has 1 aromatic carbocycles. The van der Waals surface area contributed by atoms with Crippen LogP contribution < -0.4 is 10.1 Å². The van der Waals surface area contributed by atoms with Crippen molar-refractivity contribution < 1.29 is 9.84 Å². The van der Waals surface area contributed by atoms with E-state index in [2.05, 4.69) is 5.32 Å². The van der Waals surface area contributed by atoms with Gasteiger partial charge in [-0.1, -0.05) is 0 Å². The van der Waals surface area contributed by atoms with E-state index < -0.39 is 0 Å². The van der Waals surface area contributed by atoms with Crippen LogP contribution >= 0.6 is 0 Å². The fraction of sp³-hybridized carbons (Fsp3) is 0.538. The average molecular weight is 221 g/mol. The summed E-state index contributed by atoms with van der Waals surface area (Å²) in [6, 6.07) is 3.81. The maximum atomic E-state index is 9.67. The number of aromatic hydroxyl groups is 1. The van der Waals surface area contributed by atoms with Crippen LogP contribution in [0.1, 0.15) is 24.0 Å². The van der Waals surface area contributed by atoms with Crippen molar-refractivity contribution >= 4 is 0 Å². The van der Waals surface area contributed by atoms with Crippen LogP contribution in [0, 0.1) is 13.8 Å². The van der Waals surface area contributed by atoms with E-state index in [1.165, 1.54) is 0 Å². The molecule has 1 fully saturated rings. The third-order valence-corrected chi connectivity index (χ3v) is 3.05. The maximum absolute atomic E-state index is 9.67. The number of nitrogens with one attached hydrogen (secondary N) is 1. The third kappa shape index (κ3) is 2.47. The highest BCUT2D eigenvalue weighted by molar-refractivity contribution is 5.44. The van der Waals surface area contributed by atoms with E-state index in [0.717, 1.165) is 42.8 Å². The smallest absolute Gasteiger partial charge is 0.121 e. The van der Waals surface area contributed by atoms with E-state index in [-0.39, 0.29) is 0 Å². The minimum Gasteiger partial charge on any atom is -0.507 e. The van der Waals surface area contributed by atoms with E-state index in [4.69, 9.17) is 4.74 Å². The van der Waals surface area contributed by atoms with Gasteiger partial charge < -0.3 is 15.2 Å². The van der Waals surface area contributed by atoms with Crippen LogP contribution in [-0.2, 0) is 0 Å². The van der Waals surface area contributed by atoms with Crippen molar-refractivity contribution in [3.05, 3.63) is 23.3 Å². The predicted molar refractivity (Wildman–Crippen MR) is 64.1 cm³/mol. The van der Waals surface area contributed by atoms with Crippen LogP contribution in [-0.4, -0.2) is 24.3 Å². The van der Waals surface area contributed by atoms with Gasteiger partial charge in [-0.15, -0.1) is 0 Å². The molecule has 0 amide bonds. The van der Waals surface area contributed by atoms with Gasteiger partial charge in [0.05, 0.1) is 0 Å². The van der Waals surface area contributed by atoms with Crippen LogP contribution in [0.25, 0.3) is 0 Å². The van der Waals surface area contributed by atoms with Gasteiger partial charge in [-0.25, -0.2) is 0 Å². The number of benzene rings is 1. The molecule has 0 aliphatic carbocycles. The van der Waals surface area contributed by atoms with Gasteiger partial charge in [0.25, 0.3) is 0 Å². The Morgan fingerprint density at radius 3 is 2.31 bits per heavy atom. The van der Waals surface area contributed by atoms with E-state index in [0.29, 0.717) is 11.9 Å². The number of aryl methyl sites for hydroxylation is 2. The highest BCUT2D eigenvalue weighted by atomic mass is 16.5. The van der Waals surface area contributed by atoms with Crippen molar-refractivity contribution in [2.24, 2.45) is 0 Å². The van der Waals surface area contributed by atoms with Crippen molar-refractivity contribution in [1.82, 2.24) is 5.32 Å². The maximum Gasteiger partial charge on any atom is 0.121 e. The zero-order valence-corrected chi connectivity index (χ0v) is 9.92. The Kier molecular flexibility index (Phi) is 3.34. The summed E-state index contributed by atoms with van der Waals surface area (Å²) in [4.78, 5) is 0. The summed E-state index contributed by atoms with van der Waals surface area (Å²) < 4.78 is 5.92. The molecule has 88 valence electrons. The largest absolute Gasteiger partial charge is 0.507 e. The van der Waals surface area contributed by atoms with Crippen molar-refractivity contribution in [1.29, 1.82) is 0 Å². The molecule has 3 nitrogen and oxygen atoms in total. The zero-order valence-electron chi connectivity index (χ0n) is 9.92. The first-order valence-electron chi connectivity index (χ1n) is 5.84. The Morgan fingerprint density at radius 2 is 1.75 bits per heavy atom. The first-order chi connectivity index (χ1) is 7.66. The van der Waals surface area contributed by atoms with Crippen LogP contribution in [0.2, 0.25) is 0 Å². The Balaban J connectivity index is 2.09. The first kappa shape index (κ1) is 11.3. The molecule has 0 saturated carbocycles. The number of rotatable bonds is 2. The Morgan fingerprint density at radius 1 is 1.19 bits per heavy atom. The standard InChI is InChI=1S/C13H19NO2/c1-9-7-12(8-10(2)13(9)15)16-11-3-5-14-6-4-11/h7-8,11,14-15H,3-6H2,1-2H3. The minimum atomic E-state index is 0.310. The third-order valence-electron chi connectivity index (χ3n) is 3.05. The fourth-order valence-corrected chi connectivity index (χ4v) is 2.09. The van der Waals surface area contributed by atoms with Crippen LogP contribution in [0.5, 0.6) is 11.5 Å². The Hall–Kier alpha value is -1.22. The molecule has 0 aromatic heterocycles. The molecule has 1 saturated heterocycles. The summed E-state index contributed by atoms with van der Waals surface area (Å²) in [5.74, 6) is 1.25. The lowest BCUT2D eigenvalue weighted by Crippen LogP contribution is -2.34. The summed E-state index contributed by atoms with van der Waals surface area (Å²) in [6.45, 7) is 5.86. The van der Waals surface area contributed by atoms with Crippen molar-refractivity contribution in [3.63, 3.8) is 0 Å². The number of ether oxygens (including phenoxy) is 1. The van der Waals surface area contributed by atoms with Crippen LogP contribution in [0.3, 0.4) is 0 Å². The van der Waals surface area contributed by atoms with Crippen LogP contribution in [0.15, 0.2) is 12.1 Å². The first-order valence-corrected chi connectivity index (χ1v) is 5.84. The molecule has 2 rings (SSSR count). The predicted octanol–water partition coefficient (Wildman–Crippen LogP) is 2.14. The lowest BCUT2D eigenvalue weighted by atomic mass is 10.1. The number of phenols is 1. The van der Waals surface area contributed by atoms with Gasteiger partial charge in [-0.2, -0.15) is 0 Å². The van der Waals surface area contributed by atoms with Gasteiger partial charge in [0, 0.05) is 0 Å². The molecule has 0 spiro atoms. The molecule has 0 radical (unpaired) electrons. The van der Waals surface area contributed by atoms with E-state index >= 15 is 0 Å². The van der Waals surface area contributed by atoms with Gasteiger partial charge >= 0.3 is 0 Å². The molecule has 1 aromatic rings. The highest BCUT2D eigenvalue weighted by Crippen LogP contribution is 2.28. The second-order valence-corrected chi connectivity index (χ2v) is 4.47. The normalized spacial score (nSPS) is 17.4. The van der Waals surface area contributed by atoms with Gasteiger partial charge in [-0.3, -0.25) is 0 Å². The number of phenolic OH excluding ortho intramolecular Hbond substituents is 1. The minimum absolute atomic E-state index is 0.310. The van der Waals surface area contributed by atoms with Gasteiger partial charge in [0.1, 0.15) is 17.6 Å². The summed E-state index contributed by atoms with van der Waals surface area (Å²) in [6.07, 6.45) is 2.42. The monoisotopic (exact) mass is 221 g/mol. The van der Waals surface area contributed by atoms with Crippen molar-refractivity contribution in [3.8, 4) is 11.5 Å². The van der Waals surface area contributed by atoms with E-state index in [1.807, 2.05) is 26.0 Å². The second kappa shape index (κ2) is 4.74. The van der Waals surface area contributed by atoms with Gasteiger partial charge in [-0.05, 0) is 63.0 Å². The Bertz CT molecular complexity index is 347. The molecule has 3 heteroatoms. The Labute approximate surface area is 96.4 Å². The van der Waals surface area contributed by atoms with E-state index in [1.54, 1.807) is 0 Å². The molecular formula is C13H19NO2. The molecule has 1 aliphatic rings. The topological polar surface area (TPSA) is 41.5 Å². The summed E-state index contributed by atoms with van der Waals surface area (Å²) in [7, 11) is 0. The molecular weight excluding hydrogens is 202 g/mol. The van der Waals surface area contributed by atoms with Crippen molar-refractivity contribution in [2.75, 3.05) is 13.1 Å². The van der Waals surface area contributed by atoms with Crippen LogP contribution in [0.4, 0.5) is 0 Å². The average Bonchev–Trinajstić information content (AvgIpc) is 2.27. The number of piperidine rings is 1. The number of hydrogen-bond acceptors (Lipinski definition) is 3. The molecule has 16 heavy (non-hydrogen) atoms. The summed E-state index contributed by atoms with van der Waals surface area (Å²) in [5, 5.41) is 13.0. The highest BCUT2D eigenvalue weighted by Gasteiger charge is 2.15. The molecule has 2 N–H and O–H groups in total. The molecule has 1 heterocycles. The molecule has 0 bridgehead atoms. The van der Waals surface area contributed by atoms with Gasteiger partial charge in [0.15, 0.2) is 0 Å². The zero-order chi connectivity index (χ0) is 11.5. The molecule has 1 aliphatic heterocycles. The fourth-order valence-electron chi connectivity index (χ4n) is 2.09. The summed E-state index contributed by atoms with van der Waals surface area (Å²) in [5.41, 5.74) is 1.76. The quantitative estimate of drug-likeness (QED) is 0.804. The SMILES string of the molecule is Cc1cc(OC2CCNCC2)cc(C)c1O. The van der Waals surface area contributed by atoms with Gasteiger partial charge in [0.2, 0.25) is 0 Å². The number of hydrogen-bond donors (Lipinski definition) is 2. The second-order valence-electron chi connectivity index (χ2n) is 4.47. The van der Waals surface area contributed by atoms with Crippen molar-refractivity contribution in [2.45, 2.75) is 32.8 Å². The summed E-state index contributed by atoms with van der Waals surface area (Å²) >= 11 is 0. The lowest BCUT2D eigenvalue weighted by molar-refractivity contribution is 0.162. The van der Waals surface area contributed by atoms with E-state index in [9.17, 15) is 5.11 Å². The lowest BCUT2D eigenvalue weighted by Gasteiger charge is -2.24. The molecule has 0 atom stereocenters. The molecule has 0 unspecified atom stereocenters.